The van der Waals surface area contributed by atoms with Crippen LogP contribution in [0.2, 0.25) is 5.28 Å². The predicted octanol–water partition coefficient (Wildman–Crippen LogP) is 2.16. The van der Waals surface area contributed by atoms with Gasteiger partial charge in [0.2, 0.25) is 11.2 Å². The molecule has 1 aromatic carbocycles. The summed E-state index contributed by atoms with van der Waals surface area (Å²) >= 11 is 6.07. The number of aromatic nitrogens is 4. The first-order valence-corrected chi connectivity index (χ1v) is 9.08. The quantitative estimate of drug-likeness (QED) is 0.649. The molecule has 0 aliphatic carbocycles. The zero-order valence-electron chi connectivity index (χ0n) is 14.9. The highest BCUT2D eigenvalue weighted by Gasteiger charge is 2.32. The Kier molecular flexibility index (Phi) is 4.93. The smallest absolute Gasteiger partial charge is 0.256 e. The van der Waals surface area contributed by atoms with Crippen LogP contribution in [-0.4, -0.2) is 44.5 Å². The molecule has 4 rings (SSSR count). The molecule has 2 amide bonds. The summed E-state index contributed by atoms with van der Waals surface area (Å²) < 4.78 is 7.52. The molecule has 2 unspecified atom stereocenters. The van der Waals surface area contributed by atoms with Gasteiger partial charge in [-0.15, -0.1) is 0 Å². The fraction of sp³-hybridized carbons (Fsp3) is 0.278. The van der Waals surface area contributed by atoms with Crippen LogP contribution in [-0.2, 0) is 9.53 Å². The van der Waals surface area contributed by atoms with E-state index in [1.54, 1.807) is 42.2 Å². The molecule has 2 aromatic heterocycles. The summed E-state index contributed by atoms with van der Waals surface area (Å²) in [6, 6.07) is 8.75. The third kappa shape index (κ3) is 3.41. The summed E-state index contributed by atoms with van der Waals surface area (Å²) in [7, 11) is 1.57. The van der Waals surface area contributed by atoms with Gasteiger partial charge in [0, 0.05) is 12.6 Å². The second kappa shape index (κ2) is 7.53. The molecular formula is C18H17ClN6O3. The molecule has 0 saturated carbocycles. The van der Waals surface area contributed by atoms with E-state index in [4.69, 9.17) is 16.3 Å². The Morgan fingerprint density at radius 2 is 2.00 bits per heavy atom. The summed E-state index contributed by atoms with van der Waals surface area (Å²) in [5.41, 5.74) is 1.30. The number of carbonyl (C=O) groups excluding carboxylic acids is 2. The van der Waals surface area contributed by atoms with Crippen molar-refractivity contribution in [1.82, 2.24) is 24.8 Å². The minimum atomic E-state index is -0.526. The number of halogens is 1. The van der Waals surface area contributed by atoms with Crippen molar-refractivity contribution in [2.45, 2.75) is 25.2 Å². The number of benzene rings is 1. The van der Waals surface area contributed by atoms with Gasteiger partial charge in [0.1, 0.15) is 12.3 Å². The number of nitrogens with one attached hydrogen (secondary N) is 2. The molecule has 1 fully saturated rings. The Hall–Kier alpha value is -3.04. The lowest BCUT2D eigenvalue weighted by Gasteiger charge is -2.14. The van der Waals surface area contributed by atoms with Gasteiger partial charge in [-0.25, -0.2) is 4.98 Å². The van der Waals surface area contributed by atoms with E-state index >= 15 is 0 Å². The number of ether oxygens (including phenoxy) is 1. The monoisotopic (exact) mass is 400 g/mol. The largest absolute Gasteiger partial charge is 0.357 e. The minimum absolute atomic E-state index is 0.0292. The fourth-order valence-corrected chi connectivity index (χ4v) is 3.30. The molecule has 0 radical (unpaired) electrons. The molecule has 1 saturated heterocycles. The molecule has 1 aliphatic rings. The van der Waals surface area contributed by atoms with Crippen molar-refractivity contribution in [3.05, 3.63) is 47.5 Å². The maximum atomic E-state index is 12.5. The van der Waals surface area contributed by atoms with Gasteiger partial charge in [0.15, 0.2) is 17.0 Å². The number of imidazole rings is 1. The number of hydrogen-bond acceptors (Lipinski definition) is 6. The third-order valence-corrected chi connectivity index (χ3v) is 4.68. The standard InChI is InChI=1S/C18H17ClN6O3/c1-20-17(27)11-7-8-12(28-11)25-9-21-13-14(23-18(19)24-15(13)25)22-16(26)10-5-3-2-4-6-10/h2-6,9,11-12H,7-8H2,1H3,(H,20,27)(H,22,23,24,26). The number of rotatable bonds is 4. The van der Waals surface area contributed by atoms with Gasteiger partial charge in [-0.2, -0.15) is 9.97 Å². The molecule has 3 heterocycles. The van der Waals surface area contributed by atoms with Crippen LogP contribution in [0.4, 0.5) is 5.82 Å². The summed E-state index contributed by atoms with van der Waals surface area (Å²) in [5, 5.41) is 5.28. The van der Waals surface area contributed by atoms with Crippen molar-refractivity contribution in [3.63, 3.8) is 0 Å². The summed E-state index contributed by atoms with van der Waals surface area (Å²) in [5.74, 6) is -0.290. The second-order valence-corrected chi connectivity index (χ2v) is 6.59. The van der Waals surface area contributed by atoms with E-state index in [2.05, 4.69) is 25.6 Å². The van der Waals surface area contributed by atoms with E-state index in [-0.39, 0.29) is 22.9 Å². The Morgan fingerprint density at radius 3 is 2.75 bits per heavy atom. The minimum Gasteiger partial charge on any atom is -0.357 e. The van der Waals surface area contributed by atoms with Gasteiger partial charge in [-0.05, 0) is 36.6 Å². The number of carbonyl (C=O) groups is 2. The average molecular weight is 401 g/mol. The van der Waals surface area contributed by atoms with Crippen LogP contribution in [0.1, 0.15) is 29.4 Å². The normalized spacial score (nSPS) is 18.9. The van der Waals surface area contributed by atoms with Crippen LogP contribution in [0, 0.1) is 0 Å². The van der Waals surface area contributed by atoms with Crippen molar-refractivity contribution in [2.24, 2.45) is 0 Å². The first-order valence-electron chi connectivity index (χ1n) is 8.70. The lowest BCUT2D eigenvalue weighted by atomic mass is 10.2. The maximum absolute atomic E-state index is 12.5. The maximum Gasteiger partial charge on any atom is 0.256 e. The molecule has 0 bridgehead atoms. The molecule has 3 aromatic rings. The lowest BCUT2D eigenvalue weighted by molar-refractivity contribution is -0.133. The Balaban J connectivity index is 1.64. The first-order chi connectivity index (χ1) is 13.6. The number of anilines is 1. The van der Waals surface area contributed by atoms with E-state index in [0.717, 1.165) is 0 Å². The summed E-state index contributed by atoms with van der Waals surface area (Å²) in [6.07, 6.45) is 1.82. The molecule has 144 valence electrons. The van der Waals surface area contributed by atoms with Crippen LogP contribution >= 0.6 is 11.6 Å². The Morgan fingerprint density at radius 1 is 1.21 bits per heavy atom. The molecule has 0 spiro atoms. The van der Waals surface area contributed by atoms with Crippen LogP contribution in [0.5, 0.6) is 0 Å². The fourth-order valence-electron chi connectivity index (χ4n) is 3.14. The van der Waals surface area contributed by atoms with E-state index in [1.165, 1.54) is 0 Å². The van der Waals surface area contributed by atoms with Gasteiger partial charge in [-0.1, -0.05) is 18.2 Å². The zero-order valence-corrected chi connectivity index (χ0v) is 15.7. The lowest BCUT2D eigenvalue weighted by Crippen LogP contribution is -2.31. The van der Waals surface area contributed by atoms with Crippen molar-refractivity contribution < 1.29 is 14.3 Å². The van der Waals surface area contributed by atoms with Crippen molar-refractivity contribution in [1.29, 1.82) is 0 Å². The molecule has 9 nitrogen and oxygen atoms in total. The summed E-state index contributed by atoms with van der Waals surface area (Å²) in [4.78, 5) is 36.9. The first kappa shape index (κ1) is 18.3. The van der Waals surface area contributed by atoms with Gasteiger partial charge < -0.3 is 15.4 Å². The second-order valence-electron chi connectivity index (χ2n) is 6.26. The van der Waals surface area contributed by atoms with E-state index in [9.17, 15) is 9.59 Å². The zero-order chi connectivity index (χ0) is 19.7. The van der Waals surface area contributed by atoms with Crippen LogP contribution < -0.4 is 10.6 Å². The number of hydrogen-bond donors (Lipinski definition) is 2. The van der Waals surface area contributed by atoms with Gasteiger partial charge >= 0.3 is 0 Å². The van der Waals surface area contributed by atoms with Crippen LogP contribution in [0.3, 0.4) is 0 Å². The molecule has 2 N–H and O–H groups in total. The van der Waals surface area contributed by atoms with E-state index in [1.807, 2.05) is 6.07 Å². The van der Waals surface area contributed by atoms with Gasteiger partial charge in [0.25, 0.3) is 5.91 Å². The van der Waals surface area contributed by atoms with Crippen LogP contribution in [0.25, 0.3) is 11.2 Å². The number of nitrogens with zero attached hydrogens (tertiary/aromatic N) is 4. The van der Waals surface area contributed by atoms with E-state index < -0.39 is 12.3 Å². The predicted molar refractivity (Wildman–Crippen MR) is 102 cm³/mol. The third-order valence-electron chi connectivity index (χ3n) is 4.51. The topological polar surface area (TPSA) is 111 Å². The Labute approximate surface area is 165 Å². The average Bonchev–Trinajstić information content (AvgIpc) is 3.35. The van der Waals surface area contributed by atoms with E-state index in [0.29, 0.717) is 29.6 Å². The molecule has 28 heavy (non-hydrogen) atoms. The summed E-state index contributed by atoms with van der Waals surface area (Å²) in [6.45, 7) is 0. The van der Waals surface area contributed by atoms with Gasteiger partial charge in [-0.3, -0.25) is 14.2 Å². The van der Waals surface area contributed by atoms with Crippen molar-refractivity contribution in [3.8, 4) is 0 Å². The molecular weight excluding hydrogens is 384 g/mol. The van der Waals surface area contributed by atoms with Crippen molar-refractivity contribution >= 4 is 40.4 Å². The highest BCUT2D eigenvalue weighted by Crippen LogP contribution is 2.32. The molecule has 2 atom stereocenters. The SMILES string of the molecule is CNC(=O)C1CCC(n2cnc3c(NC(=O)c4ccccc4)nc(Cl)nc32)O1. The van der Waals surface area contributed by atoms with Crippen LogP contribution in [0.15, 0.2) is 36.7 Å². The number of amides is 2. The number of fused-ring (bicyclic) bond motifs is 1. The highest BCUT2D eigenvalue weighted by atomic mass is 35.5. The molecule has 10 heteroatoms. The highest BCUT2D eigenvalue weighted by molar-refractivity contribution is 6.28. The Bertz CT molecular complexity index is 1040. The number of likely N-dealkylation sites (N-methyl/N-ethyl adjacent to an activating group) is 1. The molecule has 1 aliphatic heterocycles. The van der Waals surface area contributed by atoms with Gasteiger partial charge in [0.05, 0.1) is 6.33 Å². The van der Waals surface area contributed by atoms with Crippen molar-refractivity contribution in [2.75, 3.05) is 12.4 Å².